The van der Waals surface area contributed by atoms with Gasteiger partial charge in [0.2, 0.25) is 5.91 Å². The minimum Gasteiger partial charge on any atom is -0.391 e. The molecule has 1 saturated heterocycles. The van der Waals surface area contributed by atoms with Crippen LogP contribution < -0.4 is 0 Å². The van der Waals surface area contributed by atoms with E-state index in [0.717, 1.165) is 18.7 Å². The highest BCUT2D eigenvalue weighted by atomic mass is 16.3. The van der Waals surface area contributed by atoms with Crippen LogP contribution in [0.4, 0.5) is 0 Å². The molecule has 1 aromatic carbocycles. The number of benzene rings is 1. The minimum atomic E-state index is -0.363. The first-order valence-corrected chi connectivity index (χ1v) is 8.47. The van der Waals surface area contributed by atoms with Gasteiger partial charge in [0.25, 0.3) is 0 Å². The lowest BCUT2D eigenvalue weighted by Crippen LogP contribution is -2.52. The Balaban J connectivity index is 1.81. The van der Waals surface area contributed by atoms with Crippen molar-refractivity contribution in [3.63, 3.8) is 0 Å². The maximum atomic E-state index is 12.4. The van der Waals surface area contributed by atoms with Gasteiger partial charge in [-0.15, -0.1) is 0 Å². The van der Waals surface area contributed by atoms with E-state index < -0.39 is 0 Å². The Labute approximate surface area is 144 Å². The number of aliphatic hydroxyl groups excluding tert-OH is 1. The van der Waals surface area contributed by atoms with Crippen molar-refractivity contribution in [3.05, 3.63) is 35.4 Å². The average molecular weight is 329 g/mol. The molecule has 1 amide bonds. The van der Waals surface area contributed by atoms with E-state index in [1.54, 1.807) is 12.1 Å². The van der Waals surface area contributed by atoms with Gasteiger partial charge in [-0.25, -0.2) is 0 Å². The highest BCUT2D eigenvalue weighted by molar-refractivity contribution is 5.78. The standard InChI is InChI=1S/C19H27N3O2/c1-19(2,3)17(23)14-21-8-10-22(11-9-21)18(24)12-15-4-6-16(13-20)7-5-15/h4-7,17,23H,8-12,14H2,1-3H3. The number of rotatable bonds is 4. The normalized spacial score (nSPS) is 17.4. The van der Waals surface area contributed by atoms with Crippen molar-refractivity contribution >= 4 is 5.91 Å². The van der Waals surface area contributed by atoms with Gasteiger partial charge in [0.1, 0.15) is 0 Å². The lowest BCUT2D eigenvalue weighted by Gasteiger charge is -2.38. The predicted molar refractivity (Wildman–Crippen MR) is 93.3 cm³/mol. The monoisotopic (exact) mass is 329 g/mol. The molecule has 1 heterocycles. The molecular weight excluding hydrogens is 302 g/mol. The first-order valence-electron chi connectivity index (χ1n) is 8.47. The van der Waals surface area contributed by atoms with Crippen molar-refractivity contribution in [1.82, 2.24) is 9.80 Å². The molecule has 1 fully saturated rings. The van der Waals surface area contributed by atoms with Crippen LogP contribution in [-0.2, 0) is 11.2 Å². The molecule has 0 aromatic heterocycles. The van der Waals surface area contributed by atoms with E-state index in [-0.39, 0.29) is 17.4 Å². The largest absolute Gasteiger partial charge is 0.391 e. The Kier molecular flexibility index (Phi) is 5.98. The number of amides is 1. The smallest absolute Gasteiger partial charge is 0.227 e. The van der Waals surface area contributed by atoms with E-state index in [4.69, 9.17) is 5.26 Å². The number of hydrogen-bond acceptors (Lipinski definition) is 4. The van der Waals surface area contributed by atoms with E-state index in [1.165, 1.54) is 0 Å². The molecule has 1 aromatic rings. The number of carbonyl (C=O) groups is 1. The molecule has 1 N–H and O–H groups in total. The first kappa shape index (κ1) is 18.4. The summed E-state index contributed by atoms with van der Waals surface area (Å²) in [5.74, 6) is 0.121. The molecule has 1 unspecified atom stereocenters. The third-order valence-electron chi connectivity index (χ3n) is 4.59. The van der Waals surface area contributed by atoms with Crippen molar-refractivity contribution in [2.24, 2.45) is 5.41 Å². The topological polar surface area (TPSA) is 67.6 Å². The highest BCUT2D eigenvalue weighted by Crippen LogP contribution is 2.20. The SMILES string of the molecule is CC(C)(C)C(O)CN1CCN(C(=O)Cc2ccc(C#N)cc2)CC1. The van der Waals surface area contributed by atoms with Crippen LogP contribution in [-0.4, -0.2) is 59.6 Å². The zero-order chi connectivity index (χ0) is 17.7. The minimum absolute atomic E-state index is 0.121. The fraction of sp³-hybridized carbons (Fsp3) is 0.579. The second-order valence-corrected chi connectivity index (χ2v) is 7.55. The molecule has 24 heavy (non-hydrogen) atoms. The van der Waals surface area contributed by atoms with Crippen LogP contribution in [0.15, 0.2) is 24.3 Å². The predicted octanol–water partition coefficient (Wildman–Crippen LogP) is 1.65. The molecule has 0 spiro atoms. The van der Waals surface area contributed by atoms with Gasteiger partial charge in [-0.1, -0.05) is 32.9 Å². The molecule has 0 radical (unpaired) electrons. The van der Waals surface area contributed by atoms with Gasteiger partial charge in [-0.05, 0) is 23.1 Å². The van der Waals surface area contributed by atoms with Crippen molar-refractivity contribution in [2.75, 3.05) is 32.7 Å². The third kappa shape index (κ3) is 5.05. The van der Waals surface area contributed by atoms with Crippen LogP contribution >= 0.6 is 0 Å². The molecule has 5 nitrogen and oxygen atoms in total. The lowest BCUT2D eigenvalue weighted by atomic mass is 9.89. The van der Waals surface area contributed by atoms with E-state index >= 15 is 0 Å². The number of carbonyl (C=O) groups excluding carboxylic acids is 1. The quantitative estimate of drug-likeness (QED) is 0.912. The second-order valence-electron chi connectivity index (χ2n) is 7.55. The Morgan fingerprint density at radius 1 is 1.21 bits per heavy atom. The maximum Gasteiger partial charge on any atom is 0.227 e. The zero-order valence-corrected chi connectivity index (χ0v) is 14.8. The van der Waals surface area contributed by atoms with E-state index in [1.807, 2.05) is 37.8 Å². The zero-order valence-electron chi connectivity index (χ0n) is 14.8. The molecule has 0 bridgehead atoms. The van der Waals surface area contributed by atoms with Gasteiger partial charge in [-0.3, -0.25) is 9.69 Å². The van der Waals surface area contributed by atoms with E-state index in [2.05, 4.69) is 11.0 Å². The number of aliphatic hydroxyl groups is 1. The molecule has 0 aliphatic carbocycles. The fourth-order valence-corrected chi connectivity index (χ4v) is 2.68. The number of piperazine rings is 1. The summed E-state index contributed by atoms with van der Waals surface area (Å²) in [6, 6.07) is 9.25. The van der Waals surface area contributed by atoms with Gasteiger partial charge in [-0.2, -0.15) is 5.26 Å². The summed E-state index contributed by atoms with van der Waals surface area (Å²) in [6.07, 6.45) is 0.00876. The molecule has 5 heteroatoms. The summed E-state index contributed by atoms with van der Waals surface area (Å²) < 4.78 is 0. The molecule has 2 rings (SSSR count). The van der Waals surface area contributed by atoms with Gasteiger partial charge in [0, 0.05) is 32.7 Å². The van der Waals surface area contributed by atoms with Crippen molar-refractivity contribution in [2.45, 2.75) is 33.3 Å². The Morgan fingerprint density at radius 3 is 2.29 bits per heavy atom. The molecule has 1 aliphatic heterocycles. The molecular formula is C19H27N3O2. The van der Waals surface area contributed by atoms with Crippen LogP contribution in [0.1, 0.15) is 31.9 Å². The summed E-state index contributed by atoms with van der Waals surface area (Å²) in [7, 11) is 0. The van der Waals surface area contributed by atoms with Gasteiger partial charge in [0.15, 0.2) is 0 Å². The summed E-state index contributed by atoms with van der Waals surface area (Å²) in [5.41, 5.74) is 1.42. The molecule has 130 valence electrons. The molecule has 1 aliphatic rings. The summed E-state index contributed by atoms with van der Waals surface area (Å²) in [6.45, 7) is 9.76. The second kappa shape index (κ2) is 7.78. The van der Waals surface area contributed by atoms with Gasteiger partial charge >= 0.3 is 0 Å². The first-order chi connectivity index (χ1) is 11.3. The average Bonchev–Trinajstić information content (AvgIpc) is 2.55. The number of nitrogens with zero attached hydrogens (tertiary/aromatic N) is 3. The summed E-state index contributed by atoms with van der Waals surface area (Å²) in [5, 5.41) is 19.0. The number of hydrogen-bond donors (Lipinski definition) is 1. The number of β-amino-alcohol motifs (C(OH)–C–C–N with tert-alkyl or cyclic N) is 1. The van der Waals surface area contributed by atoms with Crippen LogP contribution in [0, 0.1) is 16.7 Å². The summed E-state index contributed by atoms with van der Waals surface area (Å²) in [4.78, 5) is 16.5. The Morgan fingerprint density at radius 2 is 1.79 bits per heavy atom. The van der Waals surface area contributed by atoms with Crippen molar-refractivity contribution in [3.8, 4) is 6.07 Å². The van der Waals surface area contributed by atoms with Crippen LogP contribution in [0.3, 0.4) is 0 Å². The van der Waals surface area contributed by atoms with Crippen LogP contribution in [0.2, 0.25) is 0 Å². The lowest BCUT2D eigenvalue weighted by molar-refractivity contribution is -0.132. The van der Waals surface area contributed by atoms with Gasteiger partial charge in [0.05, 0.1) is 24.2 Å². The van der Waals surface area contributed by atoms with Crippen molar-refractivity contribution < 1.29 is 9.90 Å². The molecule has 0 saturated carbocycles. The van der Waals surface area contributed by atoms with E-state index in [9.17, 15) is 9.90 Å². The van der Waals surface area contributed by atoms with E-state index in [0.29, 0.717) is 31.6 Å². The van der Waals surface area contributed by atoms with Crippen LogP contribution in [0.5, 0.6) is 0 Å². The van der Waals surface area contributed by atoms with Crippen LogP contribution in [0.25, 0.3) is 0 Å². The fourth-order valence-electron chi connectivity index (χ4n) is 2.68. The Bertz CT molecular complexity index is 591. The summed E-state index contributed by atoms with van der Waals surface area (Å²) >= 11 is 0. The van der Waals surface area contributed by atoms with Crippen molar-refractivity contribution in [1.29, 1.82) is 5.26 Å². The third-order valence-corrected chi connectivity index (χ3v) is 4.59. The maximum absolute atomic E-state index is 12.4. The molecule has 1 atom stereocenters. The Hall–Kier alpha value is -1.90. The number of nitriles is 1. The highest BCUT2D eigenvalue weighted by Gasteiger charge is 2.27. The van der Waals surface area contributed by atoms with Gasteiger partial charge < -0.3 is 10.0 Å².